The Kier molecular flexibility index (Phi) is 5.34. The summed E-state index contributed by atoms with van der Waals surface area (Å²) in [4.78, 5) is 18.4. The summed E-state index contributed by atoms with van der Waals surface area (Å²) in [6.45, 7) is 1.39. The molecule has 4 rings (SSSR count). The van der Waals surface area contributed by atoms with Gasteiger partial charge in [0, 0.05) is 30.2 Å². The molecule has 1 amide bonds. The minimum atomic E-state index is -0.0432. The standard InChI is InChI=1S/C23H26N2O4/c1-27-16-7-8-19-17(13-16)18(14-24-19)15-9-11-25(12-10-15)23(26)22-20(28-2)5-4-6-21(22)29-3/h4-8,13-15,24H,9-12H2,1-3H3. The summed E-state index contributed by atoms with van der Waals surface area (Å²) in [5, 5.41) is 1.19. The predicted octanol–water partition coefficient (Wildman–Crippen LogP) is 4.21. The first-order valence-electron chi connectivity index (χ1n) is 9.81. The summed E-state index contributed by atoms with van der Waals surface area (Å²) < 4.78 is 16.2. The second-order valence-corrected chi connectivity index (χ2v) is 7.26. The van der Waals surface area contributed by atoms with Gasteiger partial charge in [0.1, 0.15) is 22.8 Å². The highest BCUT2D eigenvalue weighted by Crippen LogP contribution is 2.36. The van der Waals surface area contributed by atoms with Gasteiger partial charge < -0.3 is 24.1 Å². The van der Waals surface area contributed by atoms with E-state index in [4.69, 9.17) is 14.2 Å². The zero-order chi connectivity index (χ0) is 20.4. The number of ether oxygens (including phenoxy) is 3. The topological polar surface area (TPSA) is 63.8 Å². The molecule has 2 heterocycles. The first kappa shape index (κ1) is 19.2. The molecule has 1 aliphatic heterocycles. The van der Waals surface area contributed by atoms with Crippen molar-refractivity contribution in [3.05, 3.63) is 53.7 Å². The molecule has 0 saturated carbocycles. The maximum Gasteiger partial charge on any atom is 0.261 e. The summed E-state index contributed by atoms with van der Waals surface area (Å²) >= 11 is 0. The van der Waals surface area contributed by atoms with Crippen LogP contribution in [0.2, 0.25) is 0 Å². The molecule has 1 fully saturated rings. The molecule has 152 valence electrons. The van der Waals surface area contributed by atoms with Crippen LogP contribution in [0.5, 0.6) is 17.2 Å². The number of hydrogen-bond acceptors (Lipinski definition) is 4. The molecule has 2 aromatic carbocycles. The lowest BCUT2D eigenvalue weighted by molar-refractivity contribution is 0.0706. The Morgan fingerprint density at radius 3 is 2.31 bits per heavy atom. The van der Waals surface area contributed by atoms with Crippen LogP contribution in [-0.2, 0) is 0 Å². The third-order valence-corrected chi connectivity index (χ3v) is 5.78. The third kappa shape index (κ3) is 3.50. The number of nitrogens with one attached hydrogen (secondary N) is 1. The number of aromatic nitrogens is 1. The number of carbonyl (C=O) groups excluding carboxylic acids is 1. The molecular formula is C23H26N2O4. The van der Waals surface area contributed by atoms with Crippen LogP contribution in [0.3, 0.4) is 0 Å². The molecule has 0 unspecified atom stereocenters. The Bertz CT molecular complexity index is 997. The lowest BCUT2D eigenvalue weighted by atomic mass is 9.89. The van der Waals surface area contributed by atoms with E-state index in [0.29, 0.717) is 36.1 Å². The van der Waals surface area contributed by atoms with E-state index in [2.05, 4.69) is 17.2 Å². The number of rotatable bonds is 5. The van der Waals surface area contributed by atoms with E-state index in [0.717, 1.165) is 24.1 Å². The van der Waals surface area contributed by atoms with Crippen molar-refractivity contribution in [2.24, 2.45) is 0 Å². The van der Waals surface area contributed by atoms with Gasteiger partial charge in [-0.25, -0.2) is 0 Å². The Balaban J connectivity index is 1.53. The number of piperidine rings is 1. The van der Waals surface area contributed by atoms with Crippen LogP contribution in [0.15, 0.2) is 42.6 Å². The highest BCUT2D eigenvalue weighted by molar-refractivity contribution is 5.99. The van der Waals surface area contributed by atoms with Gasteiger partial charge in [-0.15, -0.1) is 0 Å². The average Bonchev–Trinajstić information content (AvgIpc) is 3.21. The minimum absolute atomic E-state index is 0.0432. The molecule has 0 aliphatic carbocycles. The second-order valence-electron chi connectivity index (χ2n) is 7.26. The first-order valence-corrected chi connectivity index (χ1v) is 9.81. The van der Waals surface area contributed by atoms with Crippen molar-refractivity contribution in [3.63, 3.8) is 0 Å². The fourth-order valence-corrected chi connectivity index (χ4v) is 4.20. The molecule has 1 saturated heterocycles. The third-order valence-electron chi connectivity index (χ3n) is 5.78. The lowest BCUT2D eigenvalue weighted by Gasteiger charge is -2.32. The largest absolute Gasteiger partial charge is 0.497 e. The van der Waals surface area contributed by atoms with E-state index in [1.807, 2.05) is 23.1 Å². The van der Waals surface area contributed by atoms with E-state index in [1.54, 1.807) is 33.5 Å². The zero-order valence-corrected chi connectivity index (χ0v) is 17.0. The van der Waals surface area contributed by atoms with E-state index in [-0.39, 0.29) is 5.91 Å². The van der Waals surface area contributed by atoms with Gasteiger partial charge in [0.25, 0.3) is 5.91 Å². The summed E-state index contributed by atoms with van der Waals surface area (Å²) in [6.07, 6.45) is 3.91. The minimum Gasteiger partial charge on any atom is -0.497 e. The number of nitrogens with zero attached hydrogens (tertiary/aromatic N) is 1. The van der Waals surface area contributed by atoms with Gasteiger partial charge in [0.2, 0.25) is 0 Å². The predicted molar refractivity (Wildman–Crippen MR) is 112 cm³/mol. The van der Waals surface area contributed by atoms with Crippen LogP contribution in [0.25, 0.3) is 10.9 Å². The molecule has 0 spiro atoms. The fraction of sp³-hybridized carbons (Fsp3) is 0.348. The number of aromatic amines is 1. The van der Waals surface area contributed by atoms with Crippen molar-refractivity contribution < 1.29 is 19.0 Å². The number of amides is 1. The van der Waals surface area contributed by atoms with Crippen molar-refractivity contribution in [1.29, 1.82) is 0 Å². The Hall–Kier alpha value is -3.15. The van der Waals surface area contributed by atoms with Crippen molar-refractivity contribution >= 4 is 16.8 Å². The van der Waals surface area contributed by atoms with Crippen LogP contribution >= 0.6 is 0 Å². The molecule has 0 atom stereocenters. The van der Waals surface area contributed by atoms with Gasteiger partial charge in [0.05, 0.1) is 21.3 Å². The van der Waals surface area contributed by atoms with Crippen LogP contribution in [-0.4, -0.2) is 50.2 Å². The molecule has 29 heavy (non-hydrogen) atoms. The Morgan fingerprint density at radius 2 is 1.69 bits per heavy atom. The monoisotopic (exact) mass is 394 g/mol. The maximum atomic E-state index is 13.2. The van der Waals surface area contributed by atoms with Crippen LogP contribution < -0.4 is 14.2 Å². The zero-order valence-electron chi connectivity index (χ0n) is 17.0. The summed E-state index contributed by atoms with van der Waals surface area (Å²) in [5.74, 6) is 2.30. The molecular weight excluding hydrogens is 368 g/mol. The number of carbonyl (C=O) groups is 1. The maximum absolute atomic E-state index is 13.2. The van der Waals surface area contributed by atoms with Crippen molar-refractivity contribution in [1.82, 2.24) is 9.88 Å². The molecule has 0 radical (unpaired) electrons. The number of likely N-dealkylation sites (tertiary alicyclic amines) is 1. The van der Waals surface area contributed by atoms with Gasteiger partial charge in [-0.1, -0.05) is 6.07 Å². The number of methoxy groups -OCH3 is 3. The second kappa shape index (κ2) is 8.07. The normalized spacial score (nSPS) is 14.8. The van der Waals surface area contributed by atoms with E-state index >= 15 is 0 Å². The quantitative estimate of drug-likeness (QED) is 0.704. The Morgan fingerprint density at radius 1 is 1.00 bits per heavy atom. The molecule has 1 N–H and O–H groups in total. The number of H-pyrrole nitrogens is 1. The van der Waals surface area contributed by atoms with Crippen LogP contribution in [0.4, 0.5) is 0 Å². The number of hydrogen-bond donors (Lipinski definition) is 1. The van der Waals surface area contributed by atoms with Gasteiger partial charge in [-0.2, -0.15) is 0 Å². The van der Waals surface area contributed by atoms with E-state index in [1.165, 1.54) is 10.9 Å². The van der Waals surface area contributed by atoms with Crippen LogP contribution in [0, 0.1) is 0 Å². The Labute approximate surface area is 170 Å². The molecule has 0 bridgehead atoms. The number of benzene rings is 2. The molecule has 6 heteroatoms. The van der Waals surface area contributed by atoms with Gasteiger partial charge >= 0.3 is 0 Å². The molecule has 1 aromatic heterocycles. The average molecular weight is 394 g/mol. The van der Waals surface area contributed by atoms with Gasteiger partial charge in [-0.3, -0.25) is 4.79 Å². The first-order chi connectivity index (χ1) is 14.2. The van der Waals surface area contributed by atoms with Crippen molar-refractivity contribution in [2.75, 3.05) is 34.4 Å². The van der Waals surface area contributed by atoms with Crippen molar-refractivity contribution in [2.45, 2.75) is 18.8 Å². The summed E-state index contributed by atoms with van der Waals surface area (Å²) in [5.41, 5.74) is 2.90. The van der Waals surface area contributed by atoms with Crippen LogP contribution in [0.1, 0.15) is 34.7 Å². The fourth-order valence-electron chi connectivity index (χ4n) is 4.20. The molecule has 3 aromatic rings. The summed E-state index contributed by atoms with van der Waals surface area (Å²) in [6, 6.07) is 11.5. The van der Waals surface area contributed by atoms with E-state index in [9.17, 15) is 4.79 Å². The van der Waals surface area contributed by atoms with Gasteiger partial charge in [0.15, 0.2) is 0 Å². The molecule has 1 aliphatic rings. The highest BCUT2D eigenvalue weighted by Gasteiger charge is 2.29. The summed E-state index contributed by atoms with van der Waals surface area (Å²) in [7, 11) is 4.83. The molecule has 6 nitrogen and oxygen atoms in total. The van der Waals surface area contributed by atoms with E-state index < -0.39 is 0 Å². The smallest absolute Gasteiger partial charge is 0.261 e. The SMILES string of the molecule is COc1ccc2[nH]cc(C3CCN(C(=O)c4c(OC)cccc4OC)CC3)c2c1. The highest BCUT2D eigenvalue weighted by atomic mass is 16.5. The lowest BCUT2D eigenvalue weighted by Crippen LogP contribution is -2.38. The number of fused-ring (bicyclic) bond motifs is 1. The van der Waals surface area contributed by atoms with Crippen molar-refractivity contribution in [3.8, 4) is 17.2 Å². The van der Waals surface area contributed by atoms with Gasteiger partial charge in [-0.05, 0) is 54.7 Å².